The number of fused-ring (bicyclic) bond motifs is 3. The summed E-state index contributed by atoms with van der Waals surface area (Å²) in [7, 11) is 0. The second kappa shape index (κ2) is 6.27. The van der Waals surface area contributed by atoms with E-state index in [2.05, 4.69) is 0 Å². The highest BCUT2D eigenvalue weighted by molar-refractivity contribution is 5.69. The Morgan fingerprint density at radius 2 is 2.00 bits per heavy atom. The maximum atomic E-state index is 12.8. The summed E-state index contributed by atoms with van der Waals surface area (Å²) in [5.41, 5.74) is 0.971. The number of hydrogen-bond acceptors (Lipinski definition) is 5. The highest BCUT2D eigenvalue weighted by Gasteiger charge is 2.59. The second-order valence-electron chi connectivity index (χ2n) is 7.51. The van der Waals surface area contributed by atoms with Crippen molar-refractivity contribution in [1.29, 1.82) is 0 Å². The lowest BCUT2D eigenvalue weighted by Crippen LogP contribution is -2.57. The van der Waals surface area contributed by atoms with Crippen LogP contribution < -0.4 is 0 Å². The lowest BCUT2D eigenvalue weighted by atomic mass is 9.92. The molecule has 1 aromatic rings. The molecule has 6 nitrogen and oxygen atoms in total. The Balaban J connectivity index is 1.49. The number of rotatable bonds is 2. The van der Waals surface area contributed by atoms with Crippen molar-refractivity contribution in [3.63, 3.8) is 0 Å². The molecule has 0 unspecified atom stereocenters. The molecule has 1 aromatic carbocycles. The van der Waals surface area contributed by atoms with Gasteiger partial charge >= 0.3 is 6.09 Å². The van der Waals surface area contributed by atoms with Gasteiger partial charge in [0.05, 0.1) is 12.1 Å². The van der Waals surface area contributed by atoms with Gasteiger partial charge < -0.3 is 18.9 Å². The molecular formula is C19H25NO5. The van der Waals surface area contributed by atoms with E-state index >= 15 is 0 Å². The fourth-order valence-electron chi connectivity index (χ4n) is 4.07. The Morgan fingerprint density at radius 1 is 1.24 bits per heavy atom. The van der Waals surface area contributed by atoms with Crippen molar-refractivity contribution in [2.45, 2.75) is 76.6 Å². The zero-order valence-corrected chi connectivity index (χ0v) is 14.9. The summed E-state index contributed by atoms with van der Waals surface area (Å²) in [4.78, 5) is 14.6. The van der Waals surface area contributed by atoms with Crippen LogP contribution in [0.2, 0.25) is 0 Å². The molecule has 0 saturated carbocycles. The van der Waals surface area contributed by atoms with Crippen LogP contribution in [0.15, 0.2) is 30.3 Å². The van der Waals surface area contributed by atoms with Gasteiger partial charge in [-0.15, -0.1) is 0 Å². The molecular weight excluding hydrogens is 322 g/mol. The van der Waals surface area contributed by atoms with Crippen LogP contribution in [0.3, 0.4) is 0 Å². The molecule has 0 bridgehead atoms. The van der Waals surface area contributed by atoms with Crippen LogP contribution in [0.5, 0.6) is 0 Å². The first-order valence-corrected chi connectivity index (χ1v) is 8.95. The zero-order chi connectivity index (χ0) is 17.6. The Morgan fingerprint density at radius 3 is 2.76 bits per heavy atom. The quantitative estimate of drug-likeness (QED) is 0.823. The van der Waals surface area contributed by atoms with Gasteiger partial charge in [-0.05, 0) is 39.2 Å². The number of carbonyl (C=O) groups is 1. The van der Waals surface area contributed by atoms with Crippen molar-refractivity contribution < 1.29 is 23.7 Å². The van der Waals surface area contributed by atoms with Crippen LogP contribution in [0.25, 0.3) is 0 Å². The SMILES string of the molecule is C[C@H]1CC[C@H]2O[C@@H]3OC(C)(C)O[C@@H]3[C@H]2N1C(=O)OCc1ccccc1. The summed E-state index contributed by atoms with van der Waals surface area (Å²) in [5.74, 6) is -0.694. The molecule has 3 fully saturated rings. The second-order valence-corrected chi connectivity index (χ2v) is 7.51. The molecule has 6 heteroatoms. The average molecular weight is 347 g/mol. The minimum atomic E-state index is -0.694. The van der Waals surface area contributed by atoms with Gasteiger partial charge in [0, 0.05) is 6.04 Å². The smallest absolute Gasteiger partial charge is 0.410 e. The van der Waals surface area contributed by atoms with E-state index in [-0.39, 0.29) is 37.0 Å². The number of piperidine rings is 1. The minimum absolute atomic E-state index is 0.0634. The molecule has 136 valence electrons. The third-order valence-corrected chi connectivity index (χ3v) is 5.20. The molecule has 5 atom stereocenters. The van der Waals surface area contributed by atoms with Crippen LogP contribution in [0, 0.1) is 0 Å². The minimum Gasteiger partial charge on any atom is -0.445 e. The summed E-state index contributed by atoms with van der Waals surface area (Å²) >= 11 is 0. The monoisotopic (exact) mass is 347 g/mol. The molecule has 1 amide bonds. The fourth-order valence-corrected chi connectivity index (χ4v) is 4.07. The van der Waals surface area contributed by atoms with E-state index in [9.17, 15) is 4.79 Å². The number of ether oxygens (including phenoxy) is 4. The molecule has 3 aliphatic heterocycles. The maximum absolute atomic E-state index is 12.8. The predicted octanol–water partition coefficient (Wildman–Crippen LogP) is 3.05. The molecule has 0 spiro atoms. The zero-order valence-electron chi connectivity index (χ0n) is 14.9. The Labute approximate surface area is 148 Å². The third kappa shape index (κ3) is 3.14. The van der Waals surface area contributed by atoms with Crippen molar-refractivity contribution in [3.8, 4) is 0 Å². The van der Waals surface area contributed by atoms with E-state index in [0.29, 0.717) is 0 Å². The summed E-state index contributed by atoms with van der Waals surface area (Å²) in [6.45, 7) is 6.05. The topological polar surface area (TPSA) is 57.2 Å². The third-order valence-electron chi connectivity index (χ3n) is 5.20. The van der Waals surface area contributed by atoms with Crippen LogP contribution in [-0.2, 0) is 25.6 Å². The van der Waals surface area contributed by atoms with Crippen LogP contribution >= 0.6 is 0 Å². The Hall–Kier alpha value is -1.63. The van der Waals surface area contributed by atoms with E-state index in [1.54, 1.807) is 4.90 Å². The van der Waals surface area contributed by atoms with Gasteiger partial charge in [-0.1, -0.05) is 30.3 Å². The lowest BCUT2D eigenvalue weighted by Gasteiger charge is -2.42. The predicted molar refractivity (Wildman–Crippen MR) is 89.6 cm³/mol. The highest BCUT2D eigenvalue weighted by atomic mass is 16.8. The largest absolute Gasteiger partial charge is 0.445 e. The standard InChI is InChI=1S/C19H25NO5/c1-12-9-10-14-15(16-17(23-14)25-19(2,3)24-16)20(12)18(21)22-11-13-7-5-4-6-8-13/h4-8,12,14-17H,9-11H2,1-3H3/t12-,14+,15-,16+,17+/m0/s1. The maximum Gasteiger partial charge on any atom is 0.410 e. The number of likely N-dealkylation sites (tertiary alicyclic amines) is 1. The van der Waals surface area contributed by atoms with Gasteiger partial charge in [0.1, 0.15) is 12.7 Å². The molecule has 0 aliphatic carbocycles. The van der Waals surface area contributed by atoms with Crippen molar-refractivity contribution in [1.82, 2.24) is 4.90 Å². The average Bonchev–Trinajstić information content (AvgIpc) is 3.05. The molecule has 0 radical (unpaired) electrons. The Bertz CT molecular complexity index is 634. The first-order chi connectivity index (χ1) is 11.9. The molecule has 3 aliphatic rings. The normalized spacial score (nSPS) is 36.0. The molecule has 4 rings (SSSR count). The van der Waals surface area contributed by atoms with Gasteiger partial charge in [0.15, 0.2) is 12.1 Å². The number of carbonyl (C=O) groups excluding carboxylic acids is 1. The van der Waals surface area contributed by atoms with E-state index in [4.69, 9.17) is 18.9 Å². The van der Waals surface area contributed by atoms with Gasteiger partial charge in [-0.3, -0.25) is 4.90 Å². The van der Waals surface area contributed by atoms with Gasteiger partial charge in [0.25, 0.3) is 0 Å². The number of hydrogen-bond donors (Lipinski definition) is 0. The van der Waals surface area contributed by atoms with Crippen molar-refractivity contribution >= 4 is 6.09 Å². The lowest BCUT2D eigenvalue weighted by molar-refractivity contribution is -0.215. The summed E-state index contributed by atoms with van der Waals surface area (Å²) < 4.78 is 23.5. The van der Waals surface area contributed by atoms with Crippen molar-refractivity contribution in [3.05, 3.63) is 35.9 Å². The van der Waals surface area contributed by atoms with E-state index < -0.39 is 12.1 Å². The number of amides is 1. The highest BCUT2D eigenvalue weighted by Crippen LogP contribution is 2.43. The molecule has 25 heavy (non-hydrogen) atoms. The fraction of sp³-hybridized carbons (Fsp3) is 0.632. The van der Waals surface area contributed by atoms with Crippen molar-refractivity contribution in [2.24, 2.45) is 0 Å². The van der Waals surface area contributed by atoms with Crippen molar-refractivity contribution in [2.75, 3.05) is 0 Å². The van der Waals surface area contributed by atoms with E-state index in [1.165, 1.54) is 0 Å². The molecule has 0 N–H and O–H groups in total. The van der Waals surface area contributed by atoms with Crippen LogP contribution in [-0.4, -0.2) is 47.4 Å². The Kier molecular flexibility index (Phi) is 4.22. The van der Waals surface area contributed by atoms with E-state index in [0.717, 1.165) is 18.4 Å². The van der Waals surface area contributed by atoms with Crippen LogP contribution in [0.1, 0.15) is 39.2 Å². The number of benzene rings is 1. The first-order valence-electron chi connectivity index (χ1n) is 8.95. The summed E-state index contributed by atoms with van der Waals surface area (Å²) in [6, 6.07) is 9.62. The van der Waals surface area contributed by atoms with Gasteiger partial charge in [-0.2, -0.15) is 0 Å². The summed E-state index contributed by atoms with van der Waals surface area (Å²) in [6.07, 6.45) is 0.709. The molecule has 3 saturated heterocycles. The number of nitrogens with zero attached hydrogens (tertiary/aromatic N) is 1. The molecule has 0 aromatic heterocycles. The van der Waals surface area contributed by atoms with Gasteiger partial charge in [0.2, 0.25) is 0 Å². The van der Waals surface area contributed by atoms with Crippen LogP contribution in [0.4, 0.5) is 4.79 Å². The van der Waals surface area contributed by atoms with E-state index in [1.807, 2.05) is 51.1 Å². The van der Waals surface area contributed by atoms with Gasteiger partial charge in [-0.25, -0.2) is 4.79 Å². The first kappa shape index (κ1) is 16.8. The molecule has 3 heterocycles. The summed E-state index contributed by atoms with van der Waals surface area (Å²) in [5, 5.41) is 0.